The largest absolute Gasteiger partial charge is 0.457 e. The third-order valence-electron chi connectivity index (χ3n) is 15.0. The first-order valence-corrected chi connectivity index (χ1v) is 25.5. The van der Waals surface area contributed by atoms with Crippen molar-refractivity contribution >= 4 is 44.6 Å². The average molecular weight is 972 g/mol. The second kappa shape index (κ2) is 17.3. The van der Waals surface area contributed by atoms with E-state index in [0.29, 0.717) is 67.1 Å². The smallest absolute Gasteiger partial charge is 0.137 e. The first-order valence-electron chi connectivity index (χ1n) is 31.0. The molecule has 0 fully saturated rings. The number of hydrogen-bond acceptors (Lipinski definition) is 4. The molecule has 5 nitrogen and oxygen atoms in total. The highest BCUT2D eigenvalue weighted by Crippen LogP contribution is 2.54. The van der Waals surface area contributed by atoms with Crippen molar-refractivity contribution in [3.63, 3.8) is 0 Å². The van der Waals surface area contributed by atoms with Gasteiger partial charge in [0.2, 0.25) is 0 Å². The summed E-state index contributed by atoms with van der Waals surface area (Å²) < 4.78 is 113. The molecule has 0 unspecified atom stereocenters. The zero-order chi connectivity index (χ0) is 61.0. The molecule has 370 valence electrons. The van der Waals surface area contributed by atoms with E-state index in [0.717, 1.165) is 46.6 Å². The van der Waals surface area contributed by atoms with Crippen LogP contribution in [0.4, 0.5) is 22.7 Å². The van der Waals surface area contributed by atoms with Gasteiger partial charge < -0.3 is 14.5 Å². The van der Waals surface area contributed by atoms with E-state index in [1.54, 1.807) is 16.8 Å². The summed E-state index contributed by atoms with van der Waals surface area (Å²) in [7, 11) is 0. The van der Waals surface area contributed by atoms with Crippen LogP contribution in [0.5, 0.6) is 11.5 Å². The van der Waals surface area contributed by atoms with E-state index >= 15 is 0 Å². The van der Waals surface area contributed by atoms with E-state index < -0.39 is 21.7 Å². The fraction of sp³-hybridized carbons (Fsp3) is 0.309. The fourth-order valence-electron chi connectivity index (χ4n) is 10.5. The van der Waals surface area contributed by atoms with Gasteiger partial charge in [-0.3, -0.25) is 4.57 Å². The third kappa shape index (κ3) is 8.69. The molecule has 0 amide bonds. The molecule has 0 N–H and O–H groups in total. The number of anilines is 4. The van der Waals surface area contributed by atoms with Crippen molar-refractivity contribution in [1.82, 2.24) is 9.55 Å². The molecule has 2 aromatic heterocycles. The zero-order valence-electron chi connectivity index (χ0n) is 55.6. The van der Waals surface area contributed by atoms with Crippen molar-refractivity contribution < 1.29 is 19.8 Å². The molecule has 1 aliphatic heterocycles. The molecule has 3 heterocycles. The Kier molecular flexibility index (Phi) is 8.69. The molecule has 11 rings (SSSR count). The summed E-state index contributed by atoms with van der Waals surface area (Å²) in [6.45, 7) is 26.7. The number of rotatable bonds is 7. The van der Waals surface area contributed by atoms with Crippen LogP contribution in [0.25, 0.3) is 49.9 Å². The number of hydrogen-bond donors (Lipinski definition) is 0. The van der Waals surface area contributed by atoms with Crippen molar-refractivity contribution in [3.05, 3.63) is 191 Å². The Labute approximate surface area is 450 Å². The Morgan fingerprint density at radius 1 is 0.534 bits per heavy atom. The average Bonchev–Trinajstić information content (AvgIpc) is 1.16. The molecule has 0 spiro atoms. The van der Waals surface area contributed by atoms with Gasteiger partial charge in [0.1, 0.15) is 24.0 Å². The Balaban J connectivity index is 1.11. The maximum Gasteiger partial charge on any atom is 0.137 e. The van der Waals surface area contributed by atoms with Crippen molar-refractivity contribution in [2.75, 3.05) is 16.5 Å². The highest BCUT2D eigenvalue weighted by Gasteiger charge is 2.38. The van der Waals surface area contributed by atoms with E-state index in [1.807, 2.05) is 106 Å². The monoisotopic (exact) mass is 972 g/mol. The molecule has 0 atom stereocenters. The number of ether oxygens (including phenoxy) is 1. The lowest BCUT2D eigenvalue weighted by molar-refractivity contribution is 0.332. The van der Waals surface area contributed by atoms with Gasteiger partial charge in [0.15, 0.2) is 0 Å². The van der Waals surface area contributed by atoms with Crippen LogP contribution in [0.15, 0.2) is 164 Å². The molecule has 5 heteroatoms. The minimum atomic E-state index is -0.720. The summed E-state index contributed by atoms with van der Waals surface area (Å²) in [6, 6.07) is 27.4. The van der Waals surface area contributed by atoms with Crippen molar-refractivity contribution in [3.8, 4) is 39.6 Å². The molecule has 0 bridgehead atoms. The van der Waals surface area contributed by atoms with Gasteiger partial charge in [-0.25, -0.2) is 4.98 Å². The second-order valence-electron chi connectivity index (χ2n) is 24.4. The second-order valence-corrected chi connectivity index (χ2v) is 24.4. The van der Waals surface area contributed by atoms with E-state index in [2.05, 4.69) is 79.0 Å². The number of para-hydroxylation sites is 3. The van der Waals surface area contributed by atoms with Gasteiger partial charge in [-0.2, -0.15) is 0 Å². The summed E-state index contributed by atoms with van der Waals surface area (Å²) in [5.41, 5.74) is 5.99. The third-order valence-corrected chi connectivity index (χ3v) is 15.0. The van der Waals surface area contributed by atoms with E-state index in [9.17, 15) is 9.60 Å². The van der Waals surface area contributed by atoms with Crippen molar-refractivity contribution in [1.29, 1.82) is 0 Å². The fourth-order valence-corrected chi connectivity index (χ4v) is 10.5. The number of nitrogens with zero attached hydrogens (tertiary/aromatic N) is 4. The molecular weight excluding hydrogens is 889 g/mol. The van der Waals surface area contributed by atoms with Gasteiger partial charge in [-0.1, -0.05) is 169 Å². The van der Waals surface area contributed by atoms with Crippen LogP contribution in [-0.4, -0.2) is 16.2 Å². The van der Waals surface area contributed by atoms with Crippen LogP contribution in [0, 0.1) is 0 Å². The van der Waals surface area contributed by atoms with Crippen molar-refractivity contribution in [2.24, 2.45) is 0 Å². The SMILES string of the molecule is [2H]c1c([2H])c(C(C)(C)C)c([2H])c([2H])c1-c1cc(C(C)(C)C)cc(-c2c([2H])c([2H])c3c(c2[2H])C(C)(C)CCC3(C)C)c1N1CN(c2cccc(Oc3ccc4c5c([2H])c([2H])c([2H])c([2H])c5n(-c5cc(C(C)(C)C)ccn5)c4c3)c2)c2ccccc21. The quantitative estimate of drug-likeness (QED) is 0.159. The van der Waals surface area contributed by atoms with Crippen LogP contribution in [0.1, 0.15) is 146 Å². The van der Waals surface area contributed by atoms with Crippen LogP contribution >= 0.6 is 0 Å². The molecule has 2 aliphatic rings. The molecule has 1 aliphatic carbocycles. The van der Waals surface area contributed by atoms with Gasteiger partial charge in [0.25, 0.3) is 0 Å². The molecule has 73 heavy (non-hydrogen) atoms. The van der Waals surface area contributed by atoms with E-state index in [4.69, 9.17) is 15.2 Å². The summed E-state index contributed by atoms with van der Waals surface area (Å²) in [5, 5.41) is 0.987. The number of aromatic nitrogens is 2. The molecule has 7 aromatic carbocycles. The Morgan fingerprint density at radius 2 is 1.16 bits per heavy atom. The van der Waals surface area contributed by atoms with Gasteiger partial charge in [-0.15, -0.1) is 0 Å². The minimum absolute atomic E-state index is 0.0692. The van der Waals surface area contributed by atoms with Crippen LogP contribution in [-0.2, 0) is 27.1 Å². The molecule has 0 saturated carbocycles. The van der Waals surface area contributed by atoms with Gasteiger partial charge in [0.05, 0.1) is 43.2 Å². The van der Waals surface area contributed by atoms with Gasteiger partial charge in [-0.05, 0) is 146 Å². The normalized spacial score (nSPS) is 17.6. The topological polar surface area (TPSA) is 33.5 Å². The van der Waals surface area contributed by atoms with Gasteiger partial charge in [0, 0.05) is 45.9 Å². The minimum Gasteiger partial charge on any atom is -0.457 e. The molecular formula is C68H72N4O. The van der Waals surface area contributed by atoms with Gasteiger partial charge >= 0.3 is 0 Å². The summed E-state index contributed by atoms with van der Waals surface area (Å²) in [4.78, 5) is 8.97. The number of fused-ring (bicyclic) bond motifs is 5. The lowest BCUT2D eigenvalue weighted by Gasteiger charge is -2.42. The lowest BCUT2D eigenvalue weighted by atomic mass is 9.63. The zero-order valence-corrected chi connectivity index (χ0v) is 44.6. The molecule has 9 aromatic rings. The first kappa shape index (κ1) is 36.7. The Hall–Kier alpha value is -7.11. The Morgan fingerprint density at radius 3 is 1.86 bits per heavy atom. The Bertz CT molecular complexity index is 4230. The van der Waals surface area contributed by atoms with Crippen LogP contribution in [0.2, 0.25) is 0 Å². The highest BCUT2D eigenvalue weighted by atomic mass is 16.5. The lowest BCUT2D eigenvalue weighted by Crippen LogP contribution is -2.33. The summed E-state index contributed by atoms with van der Waals surface area (Å²) in [5.74, 6) is 1.44. The molecule has 0 saturated heterocycles. The van der Waals surface area contributed by atoms with Crippen LogP contribution in [0.3, 0.4) is 0 Å². The maximum atomic E-state index is 10.4. The van der Waals surface area contributed by atoms with Crippen molar-refractivity contribution in [2.45, 2.75) is 130 Å². The molecule has 0 radical (unpaired) electrons. The highest BCUT2D eigenvalue weighted by molar-refractivity contribution is 6.09. The van der Waals surface area contributed by atoms with Crippen LogP contribution < -0.4 is 14.5 Å². The van der Waals surface area contributed by atoms with E-state index in [-0.39, 0.29) is 89.7 Å². The predicted molar refractivity (Wildman–Crippen MR) is 309 cm³/mol. The summed E-state index contributed by atoms with van der Waals surface area (Å²) in [6.07, 6.45) is 3.29. The van der Waals surface area contributed by atoms with E-state index in [1.165, 1.54) is 0 Å². The summed E-state index contributed by atoms with van der Waals surface area (Å²) >= 11 is 0. The first-order chi connectivity index (χ1) is 39.1. The maximum absolute atomic E-state index is 10.4. The predicted octanol–water partition coefficient (Wildman–Crippen LogP) is 18.8. The standard InChI is InChI=1S/C68H72N4O/c1-64(2,3)46-28-25-44(26-29-46)54-38-48(66(7,8)9)39-55(45-27-32-56-57(37-45)68(12,13)35-34-67(56,10)11)63(54)71-43-70(59-23-16-17-24-60(59)71)49-19-18-20-50(41-49)73-51-30-31-53-52-21-14-15-22-58(52)72(61(53)42-51)62-40-47(33-36-69-62)65(4,5)6/h14-33,36-42H,34-35,43H2,1-13H3/i14D,15D,21D,22D,25D,26D,27D,28D,29D,32D,37D. The number of pyridine rings is 1. The number of benzene rings is 7.